The van der Waals surface area contributed by atoms with Gasteiger partial charge in [-0.3, -0.25) is 0 Å². The lowest BCUT2D eigenvalue weighted by molar-refractivity contribution is 0.366. The molecule has 0 bridgehead atoms. The van der Waals surface area contributed by atoms with Gasteiger partial charge in [-0.25, -0.2) is 8.78 Å². The molecule has 0 saturated carbocycles. The van der Waals surface area contributed by atoms with Gasteiger partial charge < -0.3 is 56.9 Å². The van der Waals surface area contributed by atoms with Crippen molar-refractivity contribution in [3.05, 3.63) is 29.8 Å². The van der Waals surface area contributed by atoms with Gasteiger partial charge in [-0.2, -0.15) is 0 Å². The first kappa shape index (κ1) is 27.1. The van der Waals surface area contributed by atoms with E-state index in [9.17, 15) is 60.6 Å². The fourth-order valence-electron chi connectivity index (χ4n) is 0.539. The van der Waals surface area contributed by atoms with E-state index in [-0.39, 0.29) is 0 Å². The number of rotatable bonds is 0. The molecule has 0 atom stereocenters. The number of halogens is 14. The number of aromatic hydroxyl groups is 1. The van der Waals surface area contributed by atoms with Gasteiger partial charge in [0, 0.05) is 18.2 Å². The Bertz CT molecular complexity index is 356. The average Bonchev–Trinajstić information content (AvgIpc) is 2.04. The topological polar surface area (TPSA) is 20.2 Å². The molecule has 0 aromatic heterocycles. The van der Waals surface area contributed by atoms with Crippen LogP contribution in [0.25, 0.3) is 0 Å². The van der Waals surface area contributed by atoms with Crippen molar-refractivity contribution in [2.24, 2.45) is 0 Å². The van der Waals surface area contributed by atoms with Crippen molar-refractivity contribution in [2.75, 3.05) is 0 Å². The molecule has 0 aliphatic heterocycles. The van der Waals surface area contributed by atoms with Crippen molar-refractivity contribution in [2.45, 2.75) is 0 Å². The monoisotopic (exact) mass is 391 g/mol. The molecular formula is C6H4B3F14O-3. The summed E-state index contributed by atoms with van der Waals surface area (Å²) in [6.07, 6.45) is 0. The lowest BCUT2D eigenvalue weighted by Crippen LogP contribution is -2.02. The van der Waals surface area contributed by atoms with Crippen molar-refractivity contribution in [1.82, 2.24) is 0 Å². The van der Waals surface area contributed by atoms with E-state index in [0.29, 0.717) is 6.07 Å². The molecule has 144 valence electrons. The Morgan fingerprint density at radius 2 is 0.667 bits per heavy atom. The normalized spacial score (nSPS) is 11.1. The Balaban J connectivity index is -0.000000259. The van der Waals surface area contributed by atoms with E-state index < -0.39 is 39.1 Å². The van der Waals surface area contributed by atoms with Gasteiger partial charge >= 0.3 is 21.8 Å². The van der Waals surface area contributed by atoms with Gasteiger partial charge in [0.25, 0.3) is 0 Å². The third kappa shape index (κ3) is 71.5. The van der Waals surface area contributed by atoms with Crippen LogP contribution in [0.2, 0.25) is 0 Å². The van der Waals surface area contributed by atoms with E-state index in [1.807, 2.05) is 0 Å². The number of phenolic OH excluding ortho intramolecular Hbond substituents is 1. The third-order valence-electron chi connectivity index (χ3n) is 0.847. The van der Waals surface area contributed by atoms with Crippen LogP contribution in [0.4, 0.5) is 60.6 Å². The van der Waals surface area contributed by atoms with Crippen molar-refractivity contribution < 1.29 is 65.7 Å². The summed E-state index contributed by atoms with van der Waals surface area (Å²) >= 11 is 0. The first-order chi connectivity index (χ1) is 10.2. The second-order valence-electron chi connectivity index (χ2n) is 3.11. The zero-order valence-corrected chi connectivity index (χ0v) is 10.7. The minimum Gasteiger partial charge on any atom is -0.508 e. The van der Waals surface area contributed by atoms with E-state index in [1.165, 1.54) is 0 Å². The van der Waals surface area contributed by atoms with Crippen LogP contribution in [0.1, 0.15) is 0 Å². The summed E-state index contributed by atoms with van der Waals surface area (Å²) in [6, 6.07) is 2.37. The van der Waals surface area contributed by atoms with Crippen molar-refractivity contribution >= 4 is 21.8 Å². The highest BCUT2D eigenvalue weighted by Gasteiger charge is 2.21. The molecule has 0 radical (unpaired) electrons. The first-order valence-electron chi connectivity index (χ1n) is 4.95. The number of phenols is 1. The molecular weight excluding hydrogens is 386 g/mol. The first-order valence-corrected chi connectivity index (χ1v) is 4.95. The fraction of sp³-hybridized carbons (Fsp3) is 0. The molecule has 0 unspecified atom stereocenters. The maximum absolute atomic E-state index is 12.0. The quantitative estimate of drug-likeness (QED) is 0.453. The van der Waals surface area contributed by atoms with Crippen LogP contribution < -0.4 is 0 Å². The predicted octanol–water partition coefficient (Wildman–Crippen LogP) is 5.57. The molecule has 1 rings (SSSR count). The Morgan fingerprint density at radius 1 is 0.500 bits per heavy atom. The molecule has 0 fully saturated rings. The molecule has 0 amide bonds. The second kappa shape index (κ2) is 10.9. The summed E-state index contributed by atoms with van der Waals surface area (Å²) in [6.45, 7) is 0. The summed E-state index contributed by atoms with van der Waals surface area (Å²) in [5.41, 5.74) is 0. The van der Waals surface area contributed by atoms with Gasteiger partial charge in [0.1, 0.15) is 17.4 Å². The van der Waals surface area contributed by atoms with Gasteiger partial charge in [0.2, 0.25) is 0 Å². The number of hydrogen-bond acceptors (Lipinski definition) is 1. The van der Waals surface area contributed by atoms with Crippen LogP contribution >= 0.6 is 0 Å². The molecule has 1 nitrogen and oxygen atoms in total. The van der Waals surface area contributed by atoms with E-state index in [1.54, 1.807) is 0 Å². The molecule has 0 heterocycles. The van der Waals surface area contributed by atoms with Crippen LogP contribution in [0.3, 0.4) is 0 Å². The standard InChI is InChI=1S/C6H4F2O.3BF4/c7-4-1-5(8)3-6(9)2-4;3*2-1(3,4)5/h1-3,9H;;;/q;3*-1. The van der Waals surface area contributed by atoms with E-state index in [4.69, 9.17) is 5.11 Å². The molecule has 24 heavy (non-hydrogen) atoms. The predicted molar refractivity (Wildman–Crippen MR) is 58.6 cm³/mol. The van der Waals surface area contributed by atoms with Gasteiger partial charge in [-0.1, -0.05) is 0 Å². The lowest BCUT2D eigenvalue weighted by atomic mass is 10.3. The Labute approximate surface area is 124 Å². The highest BCUT2D eigenvalue weighted by atomic mass is 19.5. The zero-order valence-electron chi connectivity index (χ0n) is 10.7. The minimum absolute atomic E-state index is 0.396. The van der Waals surface area contributed by atoms with Crippen molar-refractivity contribution in [3.8, 4) is 5.75 Å². The van der Waals surface area contributed by atoms with Crippen LogP contribution in [-0.2, 0) is 0 Å². The minimum atomic E-state index is -6.00. The second-order valence-corrected chi connectivity index (χ2v) is 3.11. The summed E-state index contributed by atoms with van der Waals surface area (Å²) in [5.74, 6) is -1.94. The Morgan fingerprint density at radius 3 is 0.792 bits per heavy atom. The van der Waals surface area contributed by atoms with Crippen LogP contribution in [0, 0.1) is 11.6 Å². The SMILES string of the molecule is F[B-](F)(F)F.F[B-](F)(F)F.F[B-](F)(F)F.Oc1cc(F)cc(F)c1. The molecule has 0 aliphatic rings. The smallest absolute Gasteiger partial charge is 0.508 e. The van der Waals surface area contributed by atoms with E-state index in [2.05, 4.69) is 0 Å². The maximum atomic E-state index is 12.0. The van der Waals surface area contributed by atoms with Crippen molar-refractivity contribution in [3.63, 3.8) is 0 Å². The molecule has 1 aromatic rings. The Kier molecular flexibility index (Phi) is 12.3. The average molecular weight is 391 g/mol. The van der Waals surface area contributed by atoms with E-state index >= 15 is 0 Å². The fourth-order valence-corrected chi connectivity index (χ4v) is 0.539. The third-order valence-corrected chi connectivity index (χ3v) is 0.847. The van der Waals surface area contributed by atoms with Gasteiger partial charge in [-0.05, 0) is 0 Å². The maximum Gasteiger partial charge on any atom is 0.673 e. The summed E-state index contributed by atoms with van der Waals surface area (Å²) < 4.78 is 141. The van der Waals surface area contributed by atoms with Crippen LogP contribution in [-0.4, -0.2) is 26.9 Å². The van der Waals surface area contributed by atoms with Crippen LogP contribution in [0.5, 0.6) is 5.75 Å². The highest BCUT2D eigenvalue weighted by Crippen LogP contribution is 2.12. The Hall–Kier alpha value is -1.77. The largest absolute Gasteiger partial charge is 0.673 e. The van der Waals surface area contributed by atoms with Gasteiger partial charge in [0.15, 0.2) is 0 Å². The molecule has 1 aromatic carbocycles. The van der Waals surface area contributed by atoms with Crippen LogP contribution in [0.15, 0.2) is 18.2 Å². The molecule has 18 heteroatoms. The molecule has 0 spiro atoms. The van der Waals surface area contributed by atoms with Gasteiger partial charge in [0.05, 0.1) is 0 Å². The summed E-state index contributed by atoms with van der Waals surface area (Å²) in [7, 11) is -18.0. The number of hydrogen-bond donors (Lipinski definition) is 1. The highest BCUT2D eigenvalue weighted by molar-refractivity contribution is 6.50. The summed E-state index contributed by atoms with van der Waals surface area (Å²) in [5, 5.41) is 8.51. The number of benzene rings is 1. The lowest BCUT2D eigenvalue weighted by Gasteiger charge is -1.94. The molecule has 1 N–H and O–H groups in total. The summed E-state index contributed by atoms with van der Waals surface area (Å²) in [4.78, 5) is 0. The van der Waals surface area contributed by atoms with Crippen molar-refractivity contribution in [1.29, 1.82) is 0 Å². The van der Waals surface area contributed by atoms with Gasteiger partial charge in [-0.15, -0.1) is 0 Å². The van der Waals surface area contributed by atoms with E-state index in [0.717, 1.165) is 12.1 Å². The zero-order chi connectivity index (χ0) is 20.4. The molecule has 0 saturated heterocycles. The molecule has 0 aliphatic carbocycles.